The number of carboxylic acids is 1. The van der Waals surface area contributed by atoms with Crippen LogP contribution in [-0.4, -0.2) is 35.3 Å². The molecule has 0 bridgehead atoms. The van der Waals surface area contributed by atoms with Crippen molar-refractivity contribution in [3.8, 4) is 17.0 Å². The third kappa shape index (κ3) is 7.94. The van der Waals surface area contributed by atoms with Crippen LogP contribution in [0.3, 0.4) is 0 Å². The normalized spacial score (nSPS) is 12.5. The SMILES string of the molecule is CCC(CC)(Cc1c(SC(C)(C)C)c2cc(OCc3cnc4ccccc4n3)ccc2n1Cc1ccc(-c2ccc(C(F)(F)F)cn2)cc1)C(=O)O. The molecule has 0 saturated heterocycles. The molecule has 0 aliphatic rings. The quantitative estimate of drug-likeness (QED) is 0.126. The molecule has 0 fully saturated rings. The zero-order valence-corrected chi connectivity index (χ0v) is 30.6. The lowest BCUT2D eigenvalue weighted by Gasteiger charge is -2.29. The van der Waals surface area contributed by atoms with Crippen LogP contribution in [0.4, 0.5) is 13.2 Å². The Labute approximate surface area is 305 Å². The summed E-state index contributed by atoms with van der Waals surface area (Å²) in [6.45, 7) is 11.0. The predicted molar refractivity (Wildman–Crippen MR) is 200 cm³/mol. The van der Waals surface area contributed by atoms with Gasteiger partial charge in [0.1, 0.15) is 12.4 Å². The number of carbonyl (C=O) groups is 1. The minimum Gasteiger partial charge on any atom is -0.487 e. The zero-order chi connectivity index (χ0) is 37.3. The van der Waals surface area contributed by atoms with Crippen molar-refractivity contribution in [1.82, 2.24) is 19.5 Å². The third-order valence-corrected chi connectivity index (χ3v) is 10.7. The molecule has 0 unspecified atom stereocenters. The molecule has 0 saturated carbocycles. The van der Waals surface area contributed by atoms with Gasteiger partial charge in [-0.25, -0.2) is 4.98 Å². The van der Waals surface area contributed by atoms with E-state index >= 15 is 0 Å². The minimum atomic E-state index is -4.46. The molecule has 0 aliphatic heterocycles. The van der Waals surface area contributed by atoms with Gasteiger partial charge < -0.3 is 14.4 Å². The van der Waals surface area contributed by atoms with E-state index in [1.165, 1.54) is 6.07 Å². The Hall–Kier alpha value is -4.90. The van der Waals surface area contributed by atoms with Crippen LogP contribution in [0.25, 0.3) is 33.2 Å². The number of pyridine rings is 1. The molecule has 0 radical (unpaired) electrons. The topological polar surface area (TPSA) is 90.1 Å². The van der Waals surface area contributed by atoms with E-state index in [0.29, 0.717) is 48.5 Å². The van der Waals surface area contributed by atoms with Crippen LogP contribution >= 0.6 is 11.8 Å². The Balaban J connectivity index is 1.40. The molecule has 3 aromatic heterocycles. The van der Waals surface area contributed by atoms with Gasteiger partial charge in [-0.15, -0.1) is 11.8 Å². The van der Waals surface area contributed by atoms with E-state index in [0.717, 1.165) is 50.4 Å². The summed E-state index contributed by atoms with van der Waals surface area (Å²) in [7, 11) is 0. The Morgan fingerprint density at radius 1 is 0.885 bits per heavy atom. The molecule has 7 nitrogen and oxygen atoms in total. The van der Waals surface area contributed by atoms with Crippen molar-refractivity contribution in [2.24, 2.45) is 5.41 Å². The molecule has 52 heavy (non-hydrogen) atoms. The summed E-state index contributed by atoms with van der Waals surface area (Å²) in [5.41, 5.74) is 4.51. The number of rotatable bonds is 12. The fourth-order valence-corrected chi connectivity index (χ4v) is 7.52. The van der Waals surface area contributed by atoms with Crippen molar-refractivity contribution < 1.29 is 27.8 Å². The first-order valence-electron chi connectivity index (χ1n) is 17.2. The smallest absolute Gasteiger partial charge is 0.417 e. The second-order valence-electron chi connectivity index (χ2n) is 14.0. The summed E-state index contributed by atoms with van der Waals surface area (Å²) in [5, 5.41) is 11.5. The molecule has 3 aromatic carbocycles. The van der Waals surface area contributed by atoms with Gasteiger partial charge >= 0.3 is 12.1 Å². The molecule has 0 spiro atoms. The number of thioether (sulfide) groups is 1. The maximum atomic E-state index is 13.1. The number of fused-ring (bicyclic) bond motifs is 2. The molecule has 1 N–H and O–H groups in total. The lowest BCUT2D eigenvalue weighted by atomic mass is 9.78. The Morgan fingerprint density at radius 2 is 1.60 bits per heavy atom. The fraction of sp³-hybridized carbons (Fsp3) is 0.317. The van der Waals surface area contributed by atoms with Gasteiger partial charge in [0.25, 0.3) is 0 Å². The number of alkyl halides is 3. The van der Waals surface area contributed by atoms with Crippen LogP contribution in [-0.2, 0) is 30.5 Å². The molecule has 6 aromatic rings. The van der Waals surface area contributed by atoms with Crippen LogP contribution in [0, 0.1) is 5.41 Å². The number of halogens is 3. The average molecular weight is 727 g/mol. The van der Waals surface area contributed by atoms with Crippen LogP contribution in [0.15, 0.2) is 96.2 Å². The van der Waals surface area contributed by atoms with E-state index < -0.39 is 23.1 Å². The number of carboxylic acid groups (broad SMARTS) is 1. The van der Waals surface area contributed by atoms with Gasteiger partial charge in [-0.3, -0.25) is 14.8 Å². The number of hydrogen-bond acceptors (Lipinski definition) is 6. The van der Waals surface area contributed by atoms with Crippen LogP contribution in [0.2, 0.25) is 0 Å². The zero-order valence-electron chi connectivity index (χ0n) is 29.8. The van der Waals surface area contributed by atoms with Gasteiger partial charge in [-0.1, -0.05) is 71.0 Å². The van der Waals surface area contributed by atoms with E-state index in [2.05, 4.69) is 35.3 Å². The Morgan fingerprint density at radius 3 is 2.21 bits per heavy atom. The second-order valence-corrected chi connectivity index (χ2v) is 15.8. The molecule has 3 heterocycles. The monoisotopic (exact) mass is 726 g/mol. The minimum absolute atomic E-state index is 0.188. The van der Waals surface area contributed by atoms with Gasteiger partial charge in [0.15, 0.2) is 0 Å². The maximum absolute atomic E-state index is 13.1. The Bertz CT molecular complexity index is 2200. The van der Waals surface area contributed by atoms with E-state index in [1.807, 2.05) is 80.6 Å². The van der Waals surface area contributed by atoms with Gasteiger partial charge in [0, 0.05) is 51.0 Å². The van der Waals surface area contributed by atoms with Crippen molar-refractivity contribution in [3.63, 3.8) is 0 Å². The van der Waals surface area contributed by atoms with E-state index in [-0.39, 0.29) is 11.4 Å². The van der Waals surface area contributed by atoms with Gasteiger partial charge in [-0.05, 0) is 60.9 Å². The molecular weight excluding hydrogens is 686 g/mol. The first kappa shape index (κ1) is 36.9. The summed E-state index contributed by atoms with van der Waals surface area (Å²) in [5.74, 6) is -0.166. The lowest BCUT2D eigenvalue weighted by molar-refractivity contribution is -0.149. The van der Waals surface area contributed by atoms with Crippen LogP contribution < -0.4 is 4.74 Å². The van der Waals surface area contributed by atoms with Crippen LogP contribution in [0.1, 0.15) is 70.0 Å². The third-order valence-electron chi connectivity index (χ3n) is 9.38. The predicted octanol–water partition coefficient (Wildman–Crippen LogP) is 10.6. The van der Waals surface area contributed by atoms with E-state index in [4.69, 9.17) is 9.72 Å². The highest BCUT2D eigenvalue weighted by Crippen LogP contribution is 2.45. The average Bonchev–Trinajstić information content (AvgIpc) is 3.38. The molecule has 270 valence electrons. The van der Waals surface area contributed by atoms with Gasteiger partial charge in [0.2, 0.25) is 0 Å². The largest absolute Gasteiger partial charge is 0.487 e. The first-order chi connectivity index (χ1) is 24.7. The standard InChI is InChI=1S/C41H41F3N4O3S/c1-6-40(7-2,38(49)50)21-36-37(52-39(3,4)5)31-20-30(51-25-29-23-46-33-10-8-9-11-34(33)47-29)17-19-35(31)48(36)24-26-12-14-27(15-13-26)32-18-16-28(22-45-32)41(42,43)44/h8-20,22-23H,6-7,21,24-25H2,1-5H3,(H,49,50). The molecule has 11 heteroatoms. The summed E-state index contributed by atoms with van der Waals surface area (Å²) < 4.78 is 47.6. The highest BCUT2D eigenvalue weighted by molar-refractivity contribution is 8.00. The first-order valence-corrected chi connectivity index (χ1v) is 18.0. The highest BCUT2D eigenvalue weighted by Gasteiger charge is 2.38. The number of aliphatic carboxylic acids is 1. The molecule has 6 rings (SSSR count). The number of hydrogen-bond donors (Lipinski definition) is 1. The lowest BCUT2D eigenvalue weighted by Crippen LogP contribution is -2.33. The number of ether oxygens (including phenoxy) is 1. The molecule has 0 amide bonds. The van der Waals surface area contributed by atoms with Crippen molar-refractivity contribution in [2.75, 3.05) is 0 Å². The van der Waals surface area contributed by atoms with E-state index in [1.54, 1.807) is 18.0 Å². The Kier molecular flexibility index (Phi) is 10.4. The number of para-hydroxylation sites is 2. The van der Waals surface area contributed by atoms with E-state index in [9.17, 15) is 23.1 Å². The van der Waals surface area contributed by atoms with Crippen LogP contribution in [0.5, 0.6) is 5.75 Å². The number of nitrogens with zero attached hydrogens (tertiary/aromatic N) is 4. The van der Waals surface area contributed by atoms with Crippen molar-refractivity contribution >= 4 is 39.7 Å². The maximum Gasteiger partial charge on any atom is 0.417 e. The van der Waals surface area contributed by atoms with Crippen molar-refractivity contribution in [1.29, 1.82) is 0 Å². The molecule has 0 atom stereocenters. The summed E-state index contributed by atoms with van der Waals surface area (Å²) in [6.07, 6.45) is -0.621. The van der Waals surface area contributed by atoms with Gasteiger partial charge in [0.05, 0.1) is 39.6 Å². The second kappa shape index (κ2) is 14.6. The summed E-state index contributed by atoms with van der Waals surface area (Å²) >= 11 is 1.71. The number of benzene rings is 3. The van der Waals surface area contributed by atoms with Crippen molar-refractivity contribution in [3.05, 3.63) is 114 Å². The summed E-state index contributed by atoms with van der Waals surface area (Å²) in [4.78, 5) is 27.1. The molecule has 0 aliphatic carbocycles. The highest BCUT2D eigenvalue weighted by atomic mass is 32.2. The molecular formula is C41H41F3N4O3S. The van der Waals surface area contributed by atoms with Crippen molar-refractivity contribution in [2.45, 2.75) is 82.9 Å². The number of aromatic nitrogens is 4. The fourth-order valence-electron chi connectivity index (χ4n) is 6.34. The van der Waals surface area contributed by atoms with Gasteiger partial charge in [-0.2, -0.15) is 13.2 Å². The summed E-state index contributed by atoms with van der Waals surface area (Å²) in [6, 6.07) is 23.6.